The molecular formula is C18H21N3O4S. The minimum Gasteiger partial charge on any atom is -0.497 e. The fourth-order valence-corrected chi connectivity index (χ4v) is 3.65. The van der Waals surface area contributed by atoms with E-state index < -0.39 is 11.1 Å². The van der Waals surface area contributed by atoms with Crippen molar-refractivity contribution in [2.75, 3.05) is 46.9 Å². The van der Waals surface area contributed by atoms with Crippen LogP contribution < -0.4 is 4.74 Å². The van der Waals surface area contributed by atoms with Gasteiger partial charge in [0.1, 0.15) is 12.3 Å². The molecule has 0 radical (unpaired) electrons. The average Bonchev–Trinajstić information content (AvgIpc) is 2.90. The number of carbonyl (C=O) groups excluding carboxylic acids is 3. The number of benzene rings is 1. The maximum atomic E-state index is 12.6. The van der Waals surface area contributed by atoms with Crippen LogP contribution in [0.5, 0.6) is 5.75 Å². The zero-order valence-electron chi connectivity index (χ0n) is 14.8. The molecule has 3 amide bonds. The topological polar surface area (TPSA) is 70.2 Å². The van der Waals surface area contributed by atoms with Gasteiger partial charge in [0.05, 0.1) is 12.0 Å². The summed E-state index contributed by atoms with van der Waals surface area (Å²) < 4.78 is 5.16. The van der Waals surface area contributed by atoms with Crippen LogP contribution in [-0.2, 0) is 9.59 Å². The van der Waals surface area contributed by atoms with Crippen molar-refractivity contribution in [3.05, 3.63) is 34.7 Å². The molecule has 8 heteroatoms. The number of likely N-dealkylation sites (N-methyl/N-ethyl adjacent to an activating group) is 1. The minimum atomic E-state index is -0.426. The standard InChI is InChI=1S/C18H21N3O4S/c1-19-6-8-20(9-7-19)16(22)12-21-17(23)15(26-18(21)24)11-13-4-3-5-14(10-13)25-2/h3-5,10-11H,6-9,12H2,1-2H3/b15-11+. The summed E-state index contributed by atoms with van der Waals surface area (Å²) in [6.45, 7) is 2.62. The fourth-order valence-electron chi connectivity index (χ4n) is 2.81. The number of methoxy groups -OCH3 is 1. The maximum Gasteiger partial charge on any atom is 0.294 e. The summed E-state index contributed by atoms with van der Waals surface area (Å²) in [7, 11) is 3.57. The Morgan fingerprint density at radius 1 is 1.23 bits per heavy atom. The highest BCUT2D eigenvalue weighted by molar-refractivity contribution is 8.18. The van der Waals surface area contributed by atoms with Crippen molar-refractivity contribution in [2.24, 2.45) is 0 Å². The van der Waals surface area contributed by atoms with E-state index in [2.05, 4.69) is 4.90 Å². The van der Waals surface area contributed by atoms with Gasteiger partial charge in [-0.05, 0) is 42.6 Å². The number of ether oxygens (including phenoxy) is 1. The summed E-state index contributed by atoms with van der Waals surface area (Å²) >= 11 is 0.858. The van der Waals surface area contributed by atoms with Gasteiger partial charge in [0, 0.05) is 26.2 Å². The first kappa shape index (κ1) is 18.5. The number of imide groups is 1. The number of piperazine rings is 1. The van der Waals surface area contributed by atoms with E-state index in [1.165, 1.54) is 0 Å². The first-order valence-corrected chi connectivity index (χ1v) is 9.15. The first-order chi connectivity index (χ1) is 12.5. The molecule has 0 unspecified atom stereocenters. The van der Waals surface area contributed by atoms with E-state index in [0.29, 0.717) is 23.7 Å². The Balaban J connectivity index is 1.68. The van der Waals surface area contributed by atoms with Crippen LogP contribution in [0.25, 0.3) is 6.08 Å². The number of amides is 3. The molecule has 26 heavy (non-hydrogen) atoms. The molecule has 1 aromatic carbocycles. The van der Waals surface area contributed by atoms with Crippen molar-refractivity contribution in [1.82, 2.24) is 14.7 Å². The van der Waals surface area contributed by atoms with Gasteiger partial charge < -0.3 is 14.5 Å². The van der Waals surface area contributed by atoms with Crippen LogP contribution in [0.1, 0.15) is 5.56 Å². The molecule has 0 spiro atoms. The zero-order valence-corrected chi connectivity index (χ0v) is 15.6. The van der Waals surface area contributed by atoms with Gasteiger partial charge in [0.25, 0.3) is 11.1 Å². The smallest absolute Gasteiger partial charge is 0.294 e. The van der Waals surface area contributed by atoms with E-state index >= 15 is 0 Å². The summed E-state index contributed by atoms with van der Waals surface area (Å²) in [4.78, 5) is 42.4. The molecule has 0 aliphatic carbocycles. The fraction of sp³-hybridized carbons (Fsp3) is 0.389. The number of nitrogens with zero attached hydrogens (tertiary/aromatic N) is 3. The molecule has 2 heterocycles. The second-order valence-corrected chi connectivity index (χ2v) is 7.22. The summed E-state index contributed by atoms with van der Waals surface area (Å²) in [6, 6.07) is 7.22. The summed E-state index contributed by atoms with van der Waals surface area (Å²) in [5.74, 6) is 0.0524. The van der Waals surface area contributed by atoms with Crippen molar-refractivity contribution >= 4 is 34.9 Å². The Hall–Kier alpha value is -2.32. The SMILES string of the molecule is COc1cccc(/C=C2/SC(=O)N(CC(=O)N3CCN(C)CC3)C2=O)c1. The maximum absolute atomic E-state index is 12.6. The van der Waals surface area contributed by atoms with Gasteiger partial charge in [0.15, 0.2) is 0 Å². The van der Waals surface area contributed by atoms with Crippen LogP contribution >= 0.6 is 11.8 Å². The van der Waals surface area contributed by atoms with Crippen LogP contribution in [0.4, 0.5) is 4.79 Å². The molecule has 1 aromatic rings. The van der Waals surface area contributed by atoms with Crippen molar-refractivity contribution in [2.45, 2.75) is 0 Å². The zero-order chi connectivity index (χ0) is 18.7. The summed E-state index contributed by atoms with van der Waals surface area (Å²) in [5.41, 5.74) is 0.764. The largest absolute Gasteiger partial charge is 0.497 e. The van der Waals surface area contributed by atoms with Gasteiger partial charge in [-0.1, -0.05) is 12.1 Å². The van der Waals surface area contributed by atoms with Crippen molar-refractivity contribution in [3.63, 3.8) is 0 Å². The lowest BCUT2D eigenvalue weighted by molar-refractivity contribution is -0.137. The molecule has 2 fully saturated rings. The van der Waals surface area contributed by atoms with Crippen LogP contribution in [0, 0.1) is 0 Å². The third kappa shape index (κ3) is 4.08. The Kier molecular flexibility index (Phi) is 5.63. The highest BCUT2D eigenvalue weighted by atomic mass is 32.2. The average molecular weight is 375 g/mol. The van der Waals surface area contributed by atoms with E-state index in [1.54, 1.807) is 30.2 Å². The van der Waals surface area contributed by atoms with E-state index in [4.69, 9.17) is 4.74 Å². The highest BCUT2D eigenvalue weighted by Crippen LogP contribution is 2.32. The van der Waals surface area contributed by atoms with Gasteiger partial charge in [-0.3, -0.25) is 19.3 Å². The van der Waals surface area contributed by atoms with E-state index in [1.807, 2.05) is 19.2 Å². The van der Waals surface area contributed by atoms with Crippen molar-refractivity contribution < 1.29 is 19.1 Å². The Bertz CT molecular complexity index is 757. The van der Waals surface area contributed by atoms with Crippen LogP contribution in [0.2, 0.25) is 0 Å². The highest BCUT2D eigenvalue weighted by Gasteiger charge is 2.37. The number of carbonyl (C=O) groups is 3. The van der Waals surface area contributed by atoms with Crippen molar-refractivity contribution in [3.8, 4) is 5.75 Å². The number of thioether (sulfide) groups is 1. The third-order valence-corrected chi connectivity index (χ3v) is 5.32. The monoisotopic (exact) mass is 375 g/mol. The molecule has 2 aliphatic heterocycles. The minimum absolute atomic E-state index is 0.192. The number of hydrogen-bond acceptors (Lipinski definition) is 6. The van der Waals surface area contributed by atoms with Crippen LogP contribution in [0.15, 0.2) is 29.2 Å². The molecule has 3 rings (SSSR count). The second-order valence-electron chi connectivity index (χ2n) is 6.23. The molecule has 0 N–H and O–H groups in total. The Morgan fingerprint density at radius 2 is 1.96 bits per heavy atom. The van der Waals surface area contributed by atoms with Crippen molar-refractivity contribution in [1.29, 1.82) is 0 Å². The Morgan fingerprint density at radius 3 is 2.65 bits per heavy atom. The van der Waals surface area contributed by atoms with Gasteiger partial charge in [-0.25, -0.2) is 0 Å². The predicted molar refractivity (Wildman–Crippen MR) is 99.7 cm³/mol. The number of rotatable bonds is 4. The molecule has 0 atom stereocenters. The lowest BCUT2D eigenvalue weighted by Crippen LogP contribution is -2.50. The van der Waals surface area contributed by atoms with Gasteiger partial charge >= 0.3 is 0 Å². The lowest BCUT2D eigenvalue weighted by atomic mass is 10.2. The van der Waals surface area contributed by atoms with E-state index in [-0.39, 0.29) is 12.5 Å². The molecular weight excluding hydrogens is 354 g/mol. The van der Waals surface area contributed by atoms with Gasteiger partial charge in [-0.2, -0.15) is 0 Å². The summed E-state index contributed by atoms with van der Waals surface area (Å²) in [6.07, 6.45) is 1.65. The Labute approximate surface area is 156 Å². The lowest BCUT2D eigenvalue weighted by Gasteiger charge is -2.33. The van der Waals surface area contributed by atoms with E-state index in [0.717, 1.165) is 35.3 Å². The van der Waals surface area contributed by atoms with Gasteiger partial charge in [0.2, 0.25) is 5.91 Å². The molecule has 0 saturated carbocycles. The molecule has 0 aromatic heterocycles. The normalized spacial score (nSPS) is 20.2. The molecule has 7 nitrogen and oxygen atoms in total. The van der Waals surface area contributed by atoms with E-state index in [9.17, 15) is 14.4 Å². The third-order valence-electron chi connectivity index (χ3n) is 4.41. The first-order valence-electron chi connectivity index (χ1n) is 8.33. The molecule has 2 aliphatic rings. The van der Waals surface area contributed by atoms with Gasteiger partial charge in [-0.15, -0.1) is 0 Å². The molecule has 0 bridgehead atoms. The van der Waals surface area contributed by atoms with Crippen LogP contribution in [-0.4, -0.2) is 78.6 Å². The predicted octanol–water partition coefficient (Wildman–Crippen LogP) is 1.51. The van der Waals surface area contributed by atoms with Crippen LogP contribution in [0.3, 0.4) is 0 Å². The second kappa shape index (κ2) is 7.92. The number of hydrogen-bond donors (Lipinski definition) is 0. The summed E-state index contributed by atoms with van der Waals surface area (Å²) in [5, 5.41) is -0.411. The molecule has 138 valence electrons. The quantitative estimate of drug-likeness (QED) is 0.743. The molecule has 2 saturated heterocycles.